The van der Waals surface area contributed by atoms with Crippen LogP contribution in [0.3, 0.4) is 0 Å². The van der Waals surface area contributed by atoms with Gasteiger partial charge in [-0.2, -0.15) is 13.2 Å². The molecule has 0 aliphatic rings. The molecule has 1 heterocycles. The topological polar surface area (TPSA) is 102 Å². The van der Waals surface area contributed by atoms with Crippen LogP contribution >= 0.6 is 0 Å². The fraction of sp³-hybridized carbons (Fsp3) is 0.214. The van der Waals surface area contributed by atoms with Crippen LogP contribution in [0.1, 0.15) is 18.7 Å². The zero-order valence-corrected chi connectivity index (χ0v) is 13.5. The zero-order chi connectivity index (χ0) is 18.8. The molecule has 0 saturated heterocycles. The van der Waals surface area contributed by atoms with Gasteiger partial charge < -0.3 is 5.32 Å². The Hall–Kier alpha value is -2.69. The van der Waals surface area contributed by atoms with Crippen LogP contribution in [-0.2, 0) is 9.84 Å². The Morgan fingerprint density at radius 2 is 1.92 bits per heavy atom. The van der Waals surface area contributed by atoms with E-state index in [-0.39, 0.29) is 5.69 Å². The first-order valence-corrected chi connectivity index (χ1v) is 8.29. The average molecular weight is 375 g/mol. The van der Waals surface area contributed by atoms with E-state index in [0.717, 1.165) is 6.07 Å². The van der Waals surface area contributed by atoms with Crippen molar-refractivity contribution in [1.29, 1.82) is 0 Å². The number of aromatic nitrogens is 1. The Morgan fingerprint density at radius 1 is 1.24 bits per heavy atom. The SMILES string of the molecule is C[C@@H](Nc1ccc(S(=O)(=O)C(F)(F)F)cc1[N+](=O)[O-])c1ccccn1. The summed E-state index contributed by atoms with van der Waals surface area (Å²) in [7, 11) is -5.67. The van der Waals surface area contributed by atoms with E-state index in [1.165, 1.54) is 6.20 Å². The van der Waals surface area contributed by atoms with Crippen molar-refractivity contribution in [2.75, 3.05) is 5.32 Å². The molecule has 0 radical (unpaired) electrons. The van der Waals surface area contributed by atoms with Crippen molar-refractivity contribution in [1.82, 2.24) is 4.98 Å². The number of nitrogens with one attached hydrogen (secondary N) is 1. The van der Waals surface area contributed by atoms with E-state index in [4.69, 9.17) is 0 Å². The van der Waals surface area contributed by atoms with Gasteiger partial charge in [0, 0.05) is 12.3 Å². The minimum absolute atomic E-state index is 0.121. The molecule has 7 nitrogen and oxygen atoms in total. The fourth-order valence-electron chi connectivity index (χ4n) is 2.02. The summed E-state index contributed by atoms with van der Waals surface area (Å²) < 4.78 is 60.6. The predicted octanol–water partition coefficient (Wildman–Crippen LogP) is 3.46. The Balaban J connectivity index is 2.43. The molecule has 1 atom stereocenters. The first-order chi connectivity index (χ1) is 11.5. The van der Waals surface area contributed by atoms with Gasteiger partial charge in [-0.3, -0.25) is 15.1 Å². The molecule has 0 saturated carbocycles. The van der Waals surface area contributed by atoms with Gasteiger partial charge >= 0.3 is 5.51 Å². The van der Waals surface area contributed by atoms with E-state index in [9.17, 15) is 31.7 Å². The summed E-state index contributed by atoms with van der Waals surface area (Å²) in [5.74, 6) is 0. The number of sulfone groups is 1. The van der Waals surface area contributed by atoms with Gasteiger partial charge in [-0.15, -0.1) is 0 Å². The number of pyridine rings is 1. The molecule has 25 heavy (non-hydrogen) atoms. The predicted molar refractivity (Wildman–Crippen MR) is 82.6 cm³/mol. The van der Waals surface area contributed by atoms with Gasteiger partial charge in [0.1, 0.15) is 5.69 Å². The van der Waals surface area contributed by atoms with Crippen molar-refractivity contribution in [3.63, 3.8) is 0 Å². The highest BCUT2D eigenvalue weighted by Crippen LogP contribution is 2.35. The molecule has 1 aromatic heterocycles. The maximum absolute atomic E-state index is 12.6. The van der Waals surface area contributed by atoms with Crippen LogP contribution in [0.25, 0.3) is 0 Å². The first-order valence-electron chi connectivity index (χ1n) is 6.81. The molecule has 11 heteroatoms. The lowest BCUT2D eigenvalue weighted by atomic mass is 10.2. The molecule has 0 aliphatic heterocycles. The number of anilines is 1. The van der Waals surface area contributed by atoms with E-state index in [0.29, 0.717) is 17.8 Å². The molecular formula is C14H12F3N3O4S. The second kappa shape index (κ2) is 6.67. The van der Waals surface area contributed by atoms with Crippen molar-refractivity contribution < 1.29 is 26.5 Å². The molecule has 0 aliphatic carbocycles. The maximum Gasteiger partial charge on any atom is 0.501 e. The van der Waals surface area contributed by atoms with E-state index in [1.54, 1.807) is 25.1 Å². The molecule has 2 rings (SSSR count). The number of rotatable bonds is 5. The monoisotopic (exact) mass is 375 g/mol. The molecule has 0 unspecified atom stereocenters. The van der Waals surface area contributed by atoms with E-state index in [1.807, 2.05) is 0 Å². The van der Waals surface area contributed by atoms with Crippen molar-refractivity contribution in [3.8, 4) is 0 Å². The smallest absolute Gasteiger partial charge is 0.371 e. The molecule has 134 valence electrons. The number of hydrogen-bond acceptors (Lipinski definition) is 6. The highest BCUT2D eigenvalue weighted by Gasteiger charge is 2.47. The summed E-state index contributed by atoms with van der Waals surface area (Å²) >= 11 is 0. The van der Waals surface area contributed by atoms with Crippen LogP contribution in [0.5, 0.6) is 0 Å². The minimum Gasteiger partial charge on any atom is -0.371 e. The quantitative estimate of drug-likeness (QED) is 0.634. The number of nitro groups is 1. The number of nitro benzene ring substituents is 1. The molecule has 0 amide bonds. The highest BCUT2D eigenvalue weighted by molar-refractivity contribution is 7.92. The second-order valence-corrected chi connectivity index (χ2v) is 6.95. The summed E-state index contributed by atoms with van der Waals surface area (Å²) in [6.45, 7) is 1.65. The number of alkyl halides is 3. The van der Waals surface area contributed by atoms with Gasteiger partial charge in [-0.1, -0.05) is 6.07 Å². The van der Waals surface area contributed by atoms with Crippen molar-refractivity contribution in [2.24, 2.45) is 0 Å². The Labute approximate surface area is 140 Å². The van der Waals surface area contributed by atoms with Gasteiger partial charge in [0.2, 0.25) is 0 Å². The van der Waals surface area contributed by atoms with Gasteiger partial charge in [-0.05, 0) is 31.2 Å². The highest BCUT2D eigenvalue weighted by atomic mass is 32.2. The summed E-state index contributed by atoms with van der Waals surface area (Å²) in [6, 6.07) is 6.52. The van der Waals surface area contributed by atoms with E-state index in [2.05, 4.69) is 10.3 Å². The van der Waals surface area contributed by atoms with Crippen molar-refractivity contribution in [3.05, 3.63) is 58.4 Å². The third kappa shape index (κ3) is 3.87. The number of nitrogens with zero attached hydrogens (tertiary/aromatic N) is 2. The van der Waals surface area contributed by atoms with Crippen LogP contribution in [0, 0.1) is 10.1 Å². The normalized spacial score (nSPS) is 13.3. The standard InChI is InChI=1S/C14H12F3N3O4S/c1-9(11-4-2-3-7-18-11)19-12-6-5-10(8-13(12)20(21)22)25(23,24)14(15,16)17/h2-9,19H,1H3/t9-/m1/s1. The lowest BCUT2D eigenvalue weighted by molar-refractivity contribution is -0.384. The van der Waals surface area contributed by atoms with Crippen LogP contribution in [0.2, 0.25) is 0 Å². The molecular weight excluding hydrogens is 363 g/mol. The van der Waals surface area contributed by atoms with Gasteiger partial charge in [0.05, 0.1) is 21.6 Å². The molecule has 0 fully saturated rings. The Morgan fingerprint density at radius 3 is 2.44 bits per heavy atom. The van der Waals surface area contributed by atoms with Gasteiger partial charge in [-0.25, -0.2) is 8.42 Å². The summed E-state index contributed by atoms with van der Waals surface area (Å²) in [4.78, 5) is 13.1. The number of halogens is 3. The summed E-state index contributed by atoms with van der Waals surface area (Å²) in [6.07, 6.45) is 1.51. The largest absolute Gasteiger partial charge is 0.501 e. The third-order valence-corrected chi connectivity index (χ3v) is 4.77. The maximum atomic E-state index is 12.6. The number of benzene rings is 1. The minimum atomic E-state index is -5.67. The molecule has 0 bridgehead atoms. The first kappa shape index (κ1) is 18.6. The van der Waals surface area contributed by atoms with Crippen LogP contribution < -0.4 is 5.32 Å². The molecule has 1 N–H and O–H groups in total. The van der Waals surface area contributed by atoms with Crippen LogP contribution in [-0.4, -0.2) is 23.8 Å². The molecule has 1 aromatic carbocycles. The average Bonchev–Trinajstić information content (AvgIpc) is 2.54. The summed E-state index contributed by atoms with van der Waals surface area (Å²) in [5.41, 5.74) is -5.90. The number of hydrogen-bond donors (Lipinski definition) is 1. The molecule has 0 spiro atoms. The van der Waals surface area contributed by atoms with Gasteiger partial charge in [0.25, 0.3) is 15.5 Å². The van der Waals surface area contributed by atoms with Gasteiger partial charge in [0.15, 0.2) is 0 Å². The Kier molecular flexibility index (Phi) is 4.97. The van der Waals surface area contributed by atoms with Crippen molar-refractivity contribution in [2.45, 2.75) is 23.4 Å². The zero-order valence-electron chi connectivity index (χ0n) is 12.7. The van der Waals surface area contributed by atoms with Crippen molar-refractivity contribution >= 4 is 21.2 Å². The fourth-order valence-corrected chi connectivity index (χ4v) is 2.81. The third-order valence-electron chi connectivity index (χ3n) is 3.28. The lowest BCUT2D eigenvalue weighted by Gasteiger charge is -2.15. The second-order valence-electron chi connectivity index (χ2n) is 5.01. The van der Waals surface area contributed by atoms with Crippen LogP contribution in [0.15, 0.2) is 47.5 Å². The Bertz CT molecular complexity index is 886. The van der Waals surface area contributed by atoms with E-state index >= 15 is 0 Å². The lowest BCUT2D eigenvalue weighted by Crippen LogP contribution is -2.23. The van der Waals surface area contributed by atoms with E-state index < -0.39 is 36.9 Å². The summed E-state index contributed by atoms with van der Waals surface area (Å²) in [5, 5.41) is 13.9. The van der Waals surface area contributed by atoms with Crippen LogP contribution in [0.4, 0.5) is 24.5 Å². The molecule has 2 aromatic rings.